The average molecular weight is 321 g/mol. The molecule has 24 heavy (non-hydrogen) atoms. The Morgan fingerprint density at radius 3 is 2.83 bits per heavy atom. The largest absolute Gasteiger partial charge is 0.493 e. The van der Waals surface area contributed by atoms with Gasteiger partial charge in [0.05, 0.1) is 19.2 Å². The van der Waals surface area contributed by atoms with E-state index in [0.29, 0.717) is 12.1 Å². The van der Waals surface area contributed by atoms with Gasteiger partial charge in [0.1, 0.15) is 5.75 Å². The van der Waals surface area contributed by atoms with Crippen LogP contribution in [-0.2, 0) is 12.8 Å². The Kier molecular flexibility index (Phi) is 4.36. The third kappa shape index (κ3) is 3.53. The van der Waals surface area contributed by atoms with Gasteiger partial charge in [0, 0.05) is 12.5 Å². The molecule has 2 aliphatic rings. The predicted octanol–water partition coefficient (Wildman–Crippen LogP) is 2.54. The first-order valence-corrected chi connectivity index (χ1v) is 8.69. The van der Waals surface area contributed by atoms with Crippen molar-refractivity contribution in [2.45, 2.75) is 31.3 Å². The lowest BCUT2D eigenvalue weighted by atomic mass is 10.0. The van der Waals surface area contributed by atoms with Gasteiger partial charge in [-0.3, -0.25) is 4.99 Å². The zero-order chi connectivity index (χ0) is 16.2. The van der Waals surface area contributed by atoms with Crippen LogP contribution in [0.15, 0.2) is 59.6 Å². The number of hydrogen-bond acceptors (Lipinski definition) is 4. The van der Waals surface area contributed by atoms with Gasteiger partial charge in [-0.2, -0.15) is 0 Å². The maximum absolute atomic E-state index is 5.84. The van der Waals surface area contributed by atoms with E-state index in [-0.39, 0.29) is 0 Å². The molecular weight excluding hydrogens is 298 g/mol. The van der Waals surface area contributed by atoms with Crippen LogP contribution in [0.5, 0.6) is 5.75 Å². The van der Waals surface area contributed by atoms with E-state index < -0.39 is 0 Å². The fourth-order valence-corrected chi connectivity index (χ4v) is 3.40. The summed E-state index contributed by atoms with van der Waals surface area (Å²) in [6.45, 7) is 1.58. The number of nitrogens with one attached hydrogen (secondary N) is 2. The molecule has 4 nitrogen and oxygen atoms in total. The highest BCUT2D eigenvalue weighted by Crippen LogP contribution is 2.23. The lowest BCUT2D eigenvalue weighted by Crippen LogP contribution is -2.45. The summed E-state index contributed by atoms with van der Waals surface area (Å²) in [5.41, 5.74) is 2.62. The van der Waals surface area contributed by atoms with Crippen LogP contribution in [0, 0.1) is 0 Å². The number of nitrogens with zero attached hydrogens (tertiary/aromatic N) is 1. The van der Waals surface area contributed by atoms with Crippen molar-refractivity contribution >= 4 is 5.96 Å². The Balaban J connectivity index is 1.33. The smallest absolute Gasteiger partial charge is 0.191 e. The van der Waals surface area contributed by atoms with Gasteiger partial charge < -0.3 is 15.4 Å². The van der Waals surface area contributed by atoms with E-state index in [0.717, 1.165) is 44.1 Å². The summed E-state index contributed by atoms with van der Waals surface area (Å²) in [5.74, 6) is 1.95. The van der Waals surface area contributed by atoms with Crippen molar-refractivity contribution in [3.8, 4) is 5.75 Å². The van der Waals surface area contributed by atoms with Crippen LogP contribution in [0.4, 0.5) is 0 Å². The van der Waals surface area contributed by atoms with Gasteiger partial charge in [0.25, 0.3) is 0 Å². The summed E-state index contributed by atoms with van der Waals surface area (Å²) >= 11 is 0. The monoisotopic (exact) mass is 321 g/mol. The summed E-state index contributed by atoms with van der Waals surface area (Å²) in [4.78, 5) is 4.65. The normalized spacial score (nSPS) is 22.6. The first kappa shape index (κ1) is 15.1. The highest BCUT2D eigenvalue weighted by atomic mass is 16.5. The zero-order valence-electron chi connectivity index (χ0n) is 13.7. The lowest BCUT2D eigenvalue weighted by molar-refractivity contribution is 0.306. The summed E-state index contributed by atoms with van der Waals surface area (Å²) in [6, 6.07) is 19.6. The number of rotatable bonds is 3. The van der Waals surface area contributed by atoms with E-state index in [2.05, 4.69) is 64.2 Å². The van der Waals surface area contributed by atoms with Crippen LogP contribution in [-0.4, -0.2) is 31.2 Å². The molecule has 0 amide bonds. The molecule has 0 bridgehead atoms. The molecule has 0 aliphatic carbocycles. The first-order valence-electron chi connectivity index (χ1n) is 8.69. The Labute approximate surface area is 143 Å². The van der Waals surface area contributed by atoms with Crippen molar-refractivity contribution < 1.29 is 4.74 Å². The van der Waals surface area contributed by atoms with Gasteiger partial charge >= 0.3 is 0 Å². The van der Waals surface area contributed by atoms with E-state index in [9.17, 15) is 0 Å². The highest BCUT2D eigenvalue weighted by Gasteiger charge is 2.22. The van der Waals surface area contributed by atoms with Crippen LogP contribution >= 0.6 is 0 Å². The Bertz CT molecular complexity index is 714. The van der Waals surface area contributed by atoms with Crippen molar-refractivity contribution in [2.75, 3.05) is 13.2 Å². The molecule has 2 aromatic carbocycles. The molecule has 0 radical (unpaired) electrons. The number of benzene rings is 2. The number of fused-ring (bicyclic) bond motifs is 1. The molecule has 2 atom stereocenters. The second-order valence-electron chi connectivity index (χ2n) is 6.51. The Morgan fingerprint density at radius 2 is 1.92 bits per heavy atom. The van der Waals surface area contributed by atoms with E-state index in [1.807, 2.05) is 6.07 Å². The molecule has 2 aliphatic heterocycles. The van der Waals surface area contributed by atoms with Gasteiger partial charge in [0.15, 0.2) is 5.96 Å². The minimum absolute atomic E-state index is 0.357. The van der Waals surface area contributed by atoms with Crippen LogP contribution < -0.4 is 15.4 Å². The summed E-state index contributed by atoms with van der Waals surface area (Å²) in [6.07, 6.45) is 2.96. The number of guanidine groups is 1. The third-order valence-corrected chi connectivity index (χ3v) is 4.64. The average Bonchev–Trinajstić information content (AvgIpc) is 2.93. The summed E-state index contributed by atoms with van der Waals surface area (Å²) in [5, 5.41) is 7.10. The number of hydrogen-bond donors (Lipinski definition) is 2. The number of aliphatic imine (C=N–C) groups is 1. The van der Waals surface area contributed by atoms with Crippen molar-refractivity contribution in [1.82, 2.24) is 10.6 Å². The van der Waals surface area contributed by atoms with E-state index in [4.69, 9.17) is 4.74 Å². The molecule has 2 N–H and O–H groups in total. The second kappa shape index (κ2) is 6.95. The minimum atomic E-state index is 0.357. The van der Waals surface area contributed by atoms with Crippen molar-refractivity contribution in [3.63, 3.8) is 0 Å². The van der Waals surface area contributed by atoms with Gasteiger partial charge in [-0.15, -0.1) is 0 Å². The molecule has 2 unspecified atom stereocenters. The topological polar surface area (TPSA) is 45.7 Å². The van der Waals surface area contributed by atoms with Gasteiger partial charge in [-0.1, -0.05) is 48.5 Å². The van der Waals surface area contributed by atoms with Crippen LogP contribution in [0.25, 0.3) is 0 Å². The quantitative estimate of drug-likeness (QED) is 0.913. The molecular formula is C20H23N3O. The van der Waals surface area contributed by atoms with E-state index in [1.54, 1.807) is 0 Å². The van der Waals surface area contributed by atoms with Gasteiger partial charge in [-0.25, -0.2) is 0 Å². The molecule has 0 saturated carbocycles. The van der Waals surface area contributed by atoms with E-state index in [1.165, 1.54) is 11.1 Å². The molecule has 0 spiro atoms. The number of para-hydroxylation sites is 1. The third-order valence-electron chi connectivity index (χ3n) is 4.64. The molecule has 0 aromatic heterocycles. The molecule has 4 rings (SSSR count). The highest BCUT2D eigenvalue weighted by molar-refractivity contribution is 5.82. The molecule has 124 valence electrons. The summed E-state index contributed by atoms with van der Waals surface area (Å²) < 4.78 is 5.84. The van der Waals surface area contributed by atoms with Gasteiger partial charge in [0.2, 0.25) is 0 Å². The molecule has 2 aromatic rings. The van der Waals surface area contributed by atoms with Crippen molar-refractivity contribution in [1.29, 1.82) is 0 Å². The summed E-state index contributed by atoms with van der Waals surface area (Å²) in [7, 11) is 0. The number of ether oxygens (including phenoxy) is 1. The van der Waals surface area contributed by atoms with Crippen LogP contribution in [0.3, 0.4) is 0 Å². The molecule has 4 heteroatoms. The lowest BCUT2D eigenvalue weighted by Gasteiger charge is -2.19. The standard InChI is InChI=1S/C20H23N3O/c1-2-6-15(7-3-1)12-18-14-21-20(23-18)22-17-10-11-24-19-9-5-4-8-16(19)13-17/h1-9,17-18H,10-14H2,(H2,21,22,23). The second-order valence-corrected chi connectivity index (χ2v) is 6.51. The maximum atomic E-state index is 5.84. The van der Waals surface area contributed by atoms with Gasteiger partial charge in [-0.05, 0) is 30.0 Å². The van der Waals surface area contributed by atoms with Crippen molar-refractivity contribution in [2.24, 2.45) is 4.99 Å². The molecule has 2 heterocycles. The minimum Gasteiger partial charge on any atom is -0.493 e. The Morgan fingerprint density at radius 1 is 1.08 bits per heavy atom. The SMILES string of the molecule is c1ccc(CC2CN=C(NC3CCOc4ccccc4C3)N2)cc1. The predicted molar refractivity (Wildman–Crippen MR) is 96.6 cm³/mol. The molecule has 0 saturated heterocycles. The van der Waals surface area contributed by atoms with E-state index >= 15 is 0 Å². The fraction of sp³-hybridized carbons (Fsp3) is 0.350. The van der Waals surface area contributed by atoms with Crippen LogP contribution in [0.1, 0.15) is 17.5 Å². The Hall–Kier alpha value is -2.49. The molecule has 0 fully saturated rings. The van der Waals surface area contributed by atoms with Crippen LogP contribution in [0.2, 0.25) is 0 Å². The zero-order valence-corrected chi connectivity index (χ0v) is 13.7. The fourth-order valence-electron chi connectivity index (χ4n) is 3.40. The first-order chi connectivity index (χ1) is 11.9. The van der Waals surface area contributed by atoms with Crippen molar-refractivity contribution in [3.05, 3.63) is 65.7 Å². The maximum Gasteiger partial charge on any atom is 0.191 e.